The zero-order valence-electron chi connectivity index (χ0n) is 10.7. The van der Waals surface area contributed by atoms with E-state index in [0.29, 0.717) is 13.0 Å². The van der Waals surface area contributed by atoms with Crippen LogP contribution in [0.1, 0.15) is 25.8 Å². The van der Waals surface area contributed by atoms with Gasteiger partial charge in [-0.3, -0.25) is 15.5 Å². The molecule has 5 heteroatoms. The summed E-state index contributed by atoms with van der Waals surface area (Å²) in [6.45, 7) is 4.35. The number of hydrogen-bond donors (Lipinski definition) is 3. The molecule has 1 rings (SSSR count). The Balaban J connectivity index is 2.19. The van der Waals surface area contributed by atoms with E-state index in [0.717, 1.165) is 5.56 Å². The first-order valence-corrected chi connectivity index (χ1v) is 5.94. The molecular formula is C13H19N3O2. The molecule has 0 saturated carbocycles. The third-order valence-electron chi connectivity index (χ3n) is 2.18. The summed E-state index contributed by atoms with van der Waals surface area (Å²) < 4.78 is 0. The van der Waals surface area contributed by atoms with Gasteiger partial charge in [0.1, 0.15) is 0 Å². The van der Waals surface area contributed by atoms with Crippen molar-refractivity contribution >= 4 is 11.9 Å². The van der Waals surface area contributed by atoms with E-state index in [1.165, 1.54) is 0 Å². The first kappa shape index (κ1) is 14.2. The minimum atomic E-state index is -0.531. The summed E-state index contributed by atoms with van der Waals surface area (Å²) in [6, 6.07) is 9.12. The first-order chi connectivity index (χ1) is 8.58. The van der Waals surface area contributed by atoms with E-state index >= 15 is 0 Å². The van der Waals surface area contributed by atoms with E-state index in [-0.39, 0.29) is 11.8 Å². The van der Waals surface area contributed by atoms with Gasteiger partial charge in [0.25, 0.3) is 0 Å². The third kappa shape index (κ3) is 6.00. The summed E-state index contributed by atoms with van der Waals surface area (Å²) in [5.74, 6) is -0.0425. The van der Waals surface area contributed by atoms with Crippen LogP contribution in [0.5, 0.6) is 0 Å². The fraction of sp³-hybridized carbons (Fsp3) is 0.385. The van der Waals surface area contributed by atoms with Gasteiger partial charge in [-0.25, -0.2) is 10.2 Å². The van der Waals surface area contributed by atoms with Crippen LogP contribution in [0.4, 0.5) is 4.79 Å². The zero-order chi connectivity index (χ0) is 13.4. The second-order valence-electron chi connectivity index (χ2n) is 4.44. The van der Waals surface area contributed by atoms with Crippen LogP contribution in [-0.2, 0) is 11.3 Å². The molecule has 0 bridgehead atoms. The maximum Gasteiger partial charge on any atom is 0.335 e. The summed E-state index contributed by atoms with van der Waals surface area (Å²) in [7, 11) is 0. The van der Waals surface area contributed by atoms with E-state index in [9.17, 15) is 9.59 Å². The molecule has 1 aromatic rings. The Kier molecular flexibility index (Phi) is 5.87. The molecule has 1 aromatic carbocycles. The highest BCUT2D eigenvalue weighted by Gasteiger charge is 2.08. The summed E-state index contributed by atoms with van der Waals surface area (Å²) in [6.07, 6.45) is 0.339. The van der Waals surface area contributed by atoms with Crippen LogP contribution in [0.15, 0.2) is 30.3 Å². The van der Waals surface area contributed by atoms with Gasteiger partial charge in [-0.2, -0.15) is 0 Å². The number of benzene rings is 1. The smallest absolute Gasteiger partial charge is 0.277 e. The number of imide groups is 1. The monoisotopic (exact) mass is 249 g/mol. The third-order valence-corrected chi connectivity index (χ3v) is 2.18. The van der Waals surface area contributed by atoms with Crippen LogP contribution in [-0.4, -0.2) is 11.9 Å². The van der Waals surface area contributed by atoms with E-state index in [4.69, 9.17) is 0 Å². The lowest BCUT2D eigenvalue weighted by atomic mass is 10.1. The van der Waals surface area contributed by atoms with Gasteiger partial charge in [-0.1, -0.05) is 44.2 Å². The molecule has 5 nitrogen and oxygen atoms in total. The van der Waals surface area contributed by atoms with Crippen LogP contribution in [0, 0.1) is 5.92 Å². The number of urea groups is 1. The van der Waals surface area contributed by atoms with Gasteiger partial charge in [-0.05, 0) is 11.5 Å². The van der Waals surface area contributed by atoms with E-state index < -0.39 is 6.03 Å². The average molecular weight is 249 g/mol. The lowest BCUT2D eigenvalue weighted by Crippen LogP contribution is -2.46. The zero-order valence-corrected chi connectivity index (χ0v) is 10.7. The number of carbonyl (C=O) groups excluding carboxylic acids is 2. The number of carbonyl (C=O) groups is 2. The van der Waals surface area contributed by atoms with Gasteiger partial charge < -0.3 is 0 Å². The Morgan fingerprint density at radius 1 is 1.17 bits per heavy atom. The van der Waals surface area contributed by atoms with E-state index in [1.54, 1.807) is 0 Å². The van der Waals surface area contributed by atoms with Gasteiger partial charge in [0.15, 0.2) is 0 Å². The molecule has 3 amide bonds. The molecule has 18 heavy (non-hydrogen) atoms. The normalized spacial score (nSPS) is 10.2. The van der Waals surface area contributed by atoms with Crippen LogP contribution in [0.2, 0.25) is 0 Å². The van der Waals surface area contributed by atoms with Gasteiger partial charge in [0.05, 0.1) is 0 Å². The summed E-state index contributed by atoms with van der Waals surface area (Å²) in [4.78, 5) is 22.6. The van der Waals surface area contributed by atoms with Crippen molar-refractivity contribution in [2.75, 3.05) is 0 Å². The molecule has 98 valence electrons. The standard InChI is InChI=1S/C13H19N3O2/c1-10(2)8-12(17)15-13(18)16-14-9-11-6-4-3-5-7-11/h3-7,10,14H,8-9H2,1-2H3,(H2,15,16,17,18). The summed E-state index contributed by atoms with van der Waals surface area (Å²) in [5, 5.41) is 2.25. The van der Waals surface area contributed by atoms with Crippen LogP contribution in [0.25, 0.3) is 0 Å². The second-order valence-corrected chi connectivity index (χ2v) is 4.44. The molecule has 0 aliphatic rings. The number of amides is 3. The average Bonchev–Trinajstić information content (AvgIpc) is 2.29. The minimum Gasteiger partial charge on any atom is -0.277 e. The highest BCUT2D eigenvalue weighted by molar-refractivity contribution is 5.94. The molecule has 0 aliphatic carbocycles. The summed E-state index contributed by atoms with van der Waals surface area (Å²) >= 11 is 0. The maximum atomic E-state index is 11.3. The first-order valence-electron chi connectivity index (χ1n) is 5.94. The Bertz CT molecular complexity index is 390. The fourth-order valence-electron chi connectivity index (χ4n) is 1.40. The predicted molar refractivity (Wildman–Crippen MR) is 69.4 cm³/mol. The second kappa shape index (κ2) is 7.45. The molecule has 0 aliphatic heterocycles. The highest BCUT2D eigenvalue weighted by Crippen LogP contribution is 1.98. The minimum absolute atomic E-state index is 0.232. The largest absolute Gasteiger partial charge is 0.335 e. The number of hydrogen-bond acceptors (Lipinski definition) is 3. The van der Waals surface area contributed by atoms with Gasteiger partial charge in [0, 0.05) is 13.0 Å². The number of hydrazine groups is 1. The molecule has 0 fully saturated rings. The van der Waals surface area contributed by atoms with Crippen molar-refractivity contribution in [1.82, 2.24) is 16.2 Å². The van der Waals surface area contributed by atoms with Crippen molar-refractivity contribution in [2.45, 2.75) is 26.8 Å². The summed E-state index contributed by atoms with van der Waals surface area (Å²) in [5.41, 5.74) is 6.21. The van der Waals surface area contributed by atoms with Crippen LogP contribution >= 0.6 is 0 Å². The van der Waals surface area contributed by atoms with E-state index in [2.05, 4.69) is 16.2 Å². The number of rotatable bonds is 5. The Morgan fingerprint density at radius 2 is 1.83 bits per heavy atom. The molecule has 0 unspecified atom stereocenters. The molecule has 0 heterocycles. The molecule has 0 spiro atoms. The highest BCUT2D eigenvalue weighted by atomic mass is 16.2. The SMILES string of the molecule is CC(C)CC(=O)NC(=O)NNCc1ccccc1. The van der Waals surface area contributed by atoms with Crippen LogP contribution < -0.4 is 16.2 Å². The molecule has 0 saturated heterocycles. The molecular weight excluding hydrogens is 230 g/mol. The topological polar surface area (TPSA) is 70.2 Å². The lowest BCUT2D eigenvalue weighted by molar-refractivity contribution is -0.120. The van der Waals surface area contributed by atoms with Crippen molar-refractivity contribution in [2.24, 2.45) is 5.92 Å². The maximum absolute atomic E-state index is 11.3. The van der Waals surface area contributed by atoms with Crippen molar-refractivity contribution < 1.29 is 9.59 Å². The fourth-order valence-corrected chi connectivity index (χ4v) is 1.40. The number of nitrogens with one attached hydrogen (secondary N) is 3. The molecule has 0 aromatic heterocycles. The molecule has 0 atom stereocenters. The van der Waals surface area contributed by atoms with E-state index in [1.807, 2.05) is 44.2 Å². The van der Waals surface area contributed by atoms with Crippen molar-refractivity contribution in [3.63, 3.8) is 0 Å². The molecule has 0 radical (unpaired) electrons. The van der Waals surface area contributed by atoms with Crippen molar-refractivity contribution in [1.29, 1.82) is 0 Å². The van der Waals surface area contributed by atoms with Gasteiger partial charge >= 0.3 is 6.03 Å². The Labute approximate surface area is 107 Å². The molecule has 3 N–H and O–H groups in total. The Morgan fingerprint density at radius 3 is 2.44 bits per heavy atom. The predicted octanol–water partition coefficient (Wildman–Crippen LogP) is 1.56. The lowest BCUT2D eigenvalue weighted by Gasteiger charge is -2.09. The Hall–Kier alpha value is -1.88. The van der Waals surface area contributed by atoms with Crippen LogP contribution in [0.3, 0.4) is 0 Å². The van der Waals surface area contributed by atoms with Crippen molar-refractivity contribution in [3.05, 3.63) is 35.9 Å². The van der Waals surface area contributed by atoms with Crippen molar-refractivity contribution in [3.8, 4) is 0 Å². The quantitative estimate of drug-likeness (QED) is 0.694. The van der Waals surface area contributed by atoms with Gasteiger partial charge in [-0.15, -0.1) is 0 Å². The van der Waals surface area contributed by atoms with Gasteiger partial charge in [0.2, 0.25) is 5.91 Å².